The minimum absolute atomic E-state index is 0.120. The number of nitrogens with zero attached hydrogens (tertiary/aromatic N) is 4. The first-order valence-electron chi connectivity index (χ1n) is 8.83. The van der Waals surface area contributed by atoms with Crippen molar-refractivity contribution in [3.63, 3.8) is 0 Å². The number of nitro benzene ring substituents is 1. The van der Waals surface area contributed by atoms with Crippen molar-refractivity contribution in [3.05, 3.63) is 57.8 Å². The Kier molecular flexibility index (Phi) is 4.87. The summed E-state index contributed by atoms with van der Waals surface area (Å²) >= 11 is 1.59. The fraction of sp³-hybridized carbons (Fsp3) is 0.333. The van der Waals surface area contributed by atoms with Crippen LogP contribution < -0.4 is 9.80 Å². The van der Waals surface area contributed by atoms with Crippen LogP contribution in [0.1, 0.15) is 18.9 Å². The van der Waals surface area contributed by atoms with Gasteiger partial charge in [0.1, 0.15) is 0 Å². The van der Waals surface area contributed by atoms with Crippen molar-refractivity contribution in [2.45, 2.75) is 13.0 Å². The van der Waals surface area contributed by atoms with E-state index in [1.54, 1.807) is 23.5 Å². The van der Waals surface area contributed by atoms with Crippen LogP contribution in [0.3, 0.4) is 0 Å². The molecule has 1 atom stereocenters. The van der Waals surface area contributed by atoms with Gasteiger partial charge in [-0.1, -0.05) is 6.07 Å². The molecule has 0 unspecified atom stereocenters. The van der Waals surface area contributed by atoms with Crippen LogP contribution >= 0.6 is 11.3 Å². The molecule has 0 saturated carbocycles. The van der Waals surface area contributed by atoms with Crippen molar-refractivity contribution in [2.24, 2.45) is 0 Å². The van der Waals surface area contributed by atoms with Gasteiger partial charge in [0, 0.05) is 17.8 Å². The molecule has 4 rings (SSSR count). The number of non-ortho nitro benzene ring substituents is 1. The summed E-state index contributed by atoms with van der Waals surface area (Å²) in [7, 11) is 0. The number of aromatic nitrogens is 2. The molecule has 1 saturated heterocycles. The number of nitro groups is 1. The molecule has 1 aromatic carbocycles. The molecule has 27 heavy (non-hydrogen) atoms. The average Bonchev–Trinajstić information content (AvgIpc) is 3.39. The van der Waals surface area contributed by atoms with E-state index in [4.69, 9.17) is 4.42 Å². The van der Waals surface area contributed by atoms with Crippen LogP contribution in [0.5, 0.6) is 0 Å². The summed E-state index contributed by atoms with van der Waals surface area (Å²) in [4.78, 5) is 15.1. The fourth-order valence-corrected chi connectivity index (χ4v) is 4.00. The number of hydrogen-bond donors (Lipinski definition) is 1. The van der Waals surface area contributed by atoms with Crippen molar-refractivity contribution < 1.29 is 14.2 Å². The number of quaternary nitrogens is 1. The van der Waals surface area contributed by atoms with Gasteiger partial charge < -0.3 is 14.2 Å². The van der Waals surface area contributed by atoms with Gasteiger partial charge in [0.25, 0.3) is 17.5 Å². The number of piperazine rings is 1. The standard InChI is InChI=1S/C18H19N5O3S/c1-13(17-19-20-18(26-17)16-3-2-12-27-16)21-8-10-22(11-9-21)14-4-6-15(7-5-14)23(24)25/h2-7,12-13H,8-11H2,1H3/p+1/t13-/m0/s1. The van der Waals surface area contributed by atoms with Gasteiger partial charge in [0.15, 0.2) is 6.04 Å². The van der Waals surface area contributed by atoms with E-state index < -0.39 is 0 Å². The molecule has 3 heterocycles. The topological polar surface area (TPSA) is 89.7 Å². The minimum Gasteiger partial charge on any atom is -0.414 e. The van der Waals surface area contributed by atoms with E-state index in [9.17, 15) is 10.1 Å². The first-order chi connectivity index (χ1) is 13.1. The highest BCUT2D eigenvalue weighted by Crippen LogP contribution is 2.24. The molecule has 3 aromatic rings. The van der Waals surface area contributed by atoms with E-state index in [2.05, 4.69) is 22.0 Å². The lowest BCUT2D eigenvalue weighted by Gasteiger charge is -2.35. The van der Waals surface area contributed by atoms with Gasteiger partial charge in [-0.3, -0.25) is 10.1 Å². The minimum atomic E-state index is -0.373. The molecule has 1 N–H and O–H groups in total. The zero-order chi connectivity index (χ0) is 18.8. The summed E-state index contributed by atoms with van der Waals surface area (Å²) in [6, 6.07) is 10.8. The number of anilines is 1. The van der Waals surface area contributed by atoms with Crippen LogP contribution in [0.25, 0.3) is 10.8 Å². The lowest BCUT2D eigenvalue weighted by atomic mass is 10.2. The third-order valence-electron chi connectivity index (χ3n) is 4.99. The summed E-state index contributed by atoms with van der Waals surface area (Å²) < 4.78 is 5.88. The Morgan fingerprint density at radius 2 is 1.96 bits per heavy atom. The number of benzene rings is 1. The van der Waals surface area contributed by atoms with E-state index in [1.165, 1.54) is 4.90 Å². The van der Waals surface area contributed by atoms with Crippen LogP contribution in [0, 0.1) is 10.1 Å². The highest BCUT2D eigenvalue weighted by molar-refractivity contribution is 7.13. The lowest BCUT2D eigenvalue weighted by molar-refractivity contribution is -0.931. The molecule has 8 nitrogen and oxygen atoms in total. The zero-order valence-electron chi connectivity index (χ0n) is 14.9. The number of nitrogens with one attached hydrogen (secondary N) is 1. The monoisotopic (exact) mass is 386 g/mol. The number of rotatable bonds is 5. The normalized spacial score (nSPS) is 16.4. The Labute approximate surface area is 160 Å². The summed E-state index contributed by atoms with van der Waals surface area (Å²) in [5.41, 5.74) is 1.14. The number of thiophene rings is 1. The predicted molar refractivity (Wildman–Crippen MR) is 102 cm³/mol. The Hall–Kier alpha value is -2.78. The molecular formula is C18H20N5O3S+. The smallest absolute Gasteiger partial charge is 0.274 e. The SMILES string of the molecule is C[C@@H](c1nnc(-c2cccs2)o1)[NH+]1CCN(c2ccc([N+](=O)[O-])cc2)CC1. The summed E-state index contributed by atoms with van der Waals surface area (Å²) in [6.07, 6.45) is 0. The molecule has 1 fully saturated rings. The molecule has 0 spiro atoms. The van der Waals surface area contributed by atoms with Gasteiger partial charge in [-0.15, -0.1) is 21.5 Å². The van der Waals surface area contributed by atoms with E-state index in [-0.39, 0.29) is 16.7 Å². The maximum Gasteiger partial charge on any atom is 0.274 e. The highest BCUT2D eigenvalue weighted by Gasteiger charge is 2.29. The molecule has 1 aliphatic rings. The van der Waals surface area contributed by atoms with Crippen molar-refractivity contribution in [3.8, 4) is 10.8 Å². The molecular weight excluding hydrogens is 366 g/mol. The average molecular weight is 386 g/mol. The van der Waals surface area contributed by atoms with Gasteiger partial charge in [0.05, 0.1) is 36.0 Å². The molecule has 0 radical (unpaired) electrons. The third-order valence-corrected chi connectivity index (χ3v) is 5.84. The second-order valence-electron chi connectivity index (χ2n) is 6.56. The first kappa shape index (κ1) is 17.6. The molecule has 0 aliphatic carbocycles. The van der Waals surface area contributed by atoms with Crippen molar-refractivity contribution in [1.82, 2.24) is 10.2 Å². The van der Waals surface area contributed by atoms with Crippen LogP contribution in [0.2, 0.25) is 0 Å². The maximum absolute atomic E-state index is 10.8. The van der Waals surface area contributed by atoms with Crippen molar-refractivity contribution in [2.75, 3.05) is 31.1 Å². The number of hydrogen-bond acceptors (Lipinski definition) is 7. The van der Waals surface area contributed by atoms with Gasteiger partial charge in [0.2, 0.25) is 0 Å². The Morgan fingerprint density at radius 3 is 2.59 bits per heavy atom. The van der Waals surface area contributed by atoms with Gasteiger partial charge in [-0.25, -0.2) is 0 Å². The summed E-state index contributed by atoms with van der Waals surface area (Å²) in [5, 5.41) is 21.2. The van der Waals surface area contributed by atoms with E-state index in [0.717, 1.165) is 36.7 Å². The molecule has 0 amide bonds. The largest absolute Gasteiger partial charge is 0.414 e. The second kappa shape index (κ2) is 7.45. The predicted octanol–water partition coefficient (Wildman–Crippen LogP) is 2.17. The van der Waals surface area contributed by atoms with Crippen LogP contribution in [-0.2, 0) is 0 Å². The molecule has 9 heteroatoms. The Bertz CT molecular complexity index is 901. The highest BCUT2D eigenvalue weighted by atomic mass is 32.1. The van der Waals surface area contributed by atoms with Crippen LogP contribution in [0.4, 0.5) is 11.4 Å². The second-order valence-corrected chi connectivity index (χ2v) is 7.51. The summed E-state index contributed by atoms with van der Waals surface area (Å²) in [6.45, 7) is 5.75. The Balaban J connectivity index is 1.38. The van der Waals surface area contributed by atoms with Crippen molar-refractivity contribution in [1.29, 1.82) is 0 Å². The first-order valence-corrected chi connectivity index (χ1v) is 9.71. The van der Waals surface area contributed by atoms with Crippen LogP contribution in [0.15, 0.2) is 46.2 Å². The quantitative estimate of drug-likeness (QED) is 0.534. The lowest BCUT2D eigenvalue weighted by Crippen LogP contribution is -3.14. The molecule has 140 valence electrons. The maximum atomic E-state index is 10.8. The Morgan fingerprint density at radius 1 is 1.22 bits per heavy atom. The van der Waals surface area contributed by atoms with Crippen molar-refractivity contribution >= 4 is 22.7 Å². The summed E-state index contributed by atoms with van der Waals surface area (Å²) in [5.74, 6) is 1.24. The zero-order valence-corrected chi connectivity index (χ0v) is 15.7. The molecule has 1 aliphatic heterocycles. The fourth-order valence-electron chi connectivity index (χ4n) is 3.35. The third kappa shape index (κ3) is 3.69. The molecule has 2 aromatic heterocycles. The van der Waals surface area contributed by atoms with Gasteiger partial charge in [-0.2, -0.15) is 0 Å². The van der Waals surface area contributed by atoms with E-state index in [0.29, 0.717) is 11.8 Å². The van der Waals surface area contributed by atoms with E-state index in [1.807, 2.05) is 29.6 Å². The van der Waals surface area contributed by atoms with E-state index >= 15 is 0 Å². The van der Waals surface area contributed by atoms with Gasteiger partial charge >= 0.3 is 0 Å². The van der Waals surface area contributed by atoms with Gasteiger partial charge in [-0.05, 0) is 30.5 Å². The van der Waals surface area contributed by atoms with Crippen LogP contribution in [-0.4, -0.2) is 41.3 Å². The molecule has 0 bridgehead atoms.